The summed E-state index contributed by atoms with van der Waals surface area (Å²) >= 11 is 0. The number of amides is 3. The molecule has 0 radical (unpaired) electrons. The van der Waals surface area contributed by atoms with Crippen LogP contribution >= 0.6 is 0 Å². The summed E-state index contributed by atoms with van der Waals surface area (Å²) in [6.45, 7) is 1.88. The number of carbonyl (C=O) groups is 3. The molecule has 2 aromatic carbocycles. The topological polar surface area (TPSA) is 164 Å². The van der Waals surface area contributed by atoms with Crippen molar-refractivity contribution in [3.05, 3.63) is 65.2 Å². The van der Waals surface area contributed by atoms with Crippen molar-refractivity contribution in [3.8, 4) is 29.8 Å². The molecule has 0 aliphatic rings. The number of nitriles is 1. The number of benzene rings is 2. The molecule has 10 nitrogen and oxygen atoms in total. The smallest absolute Gasteiger partial charge is 0.268 e. The summed E-state index contributed by atoms with van der Waals surface area (Å²) in [5.41, 5.74) is 3.59. The molecule has 0 fully saturated rings. The predicted molar refractivity (Wildman–Crippen MR) is 131 cm³/mol. The lowest BCUT2D eigenvalue weighted by Gasteiger charge is -2.19. The van der Waals surface area contributed by atoms with Crippen LogP contribution in [0.15, 0.2) is 48.5 Å². The second-order valence-corrected chi connectivity index (χ2v) is 7.46. The summed E-state index contributed by atoms with van der Waals surface area (Å²) in [4.78, 5) is 35.6. The van der Waals surface area contributed by atoms with E-state index in [1.54, 1.807) is 36.4 Å². The van der Waals surface area contributed by atoms with Crippen molar-refractivity contribution < 1.29 is 24.7 Å². The Morgan fingerprint density at radius 2 is 1.56 bits per heavy atom. The molecule has 36 heavy (non-hydrogen) atoms. The number of nitrogens with zero attached hydrogens (tertiary/aromatic N) is 1. The SMILES string of the molecule is CC(O)C(NC(=O)c1ccc(C#CC#Cc2ccc(NC(=O)CNCCC#N)cc2)cc1)C(=O)NO. The van der Waals surface area contributed by atoms with Gasteiger partial charge >= 0.3 is 0 Å². The van der Waals surface area contributed by atoms with E-state index < -0.39 is 24.0 Å². The van der Waals surface area contributed by atoms with Crippen LogP contribution < -0.4 is 21.4 Å². The van der Waals surface area contributed by atoms with Gasteiger partial charge in [0, 0.05) is 35.3 Å². The van der Waals surface area contributed by atoms with E-state index in [9.17, 15) is 19.5 Å². The van der Waals surface area contributed by atoms with E-state index in [-0.39, 0.29) is 18.0 Å². The summed E-state index contributed by atoms with van der Waals surface area (Å²) in [5.74, 6) is 9.47. The molecule has 0 aliphatic carbocycles. The Kier molecular flexibility index (Phi) is 11.2. The number of hydrogen-bond donors (Lipinski definition) is 6. The number of rotatable bonds is 9. The molecule has 0 saturated carbocycles. The largest absolute Gasteiger partial charge is 0.391 e. The Balaban J connectivity index is 1.90. The number of nitrogens with one attached hydrogen (secondary N) is 4. The average molecular weight is 488 g/mol. The Labute approximate surface area is 208 Å². The molecule has 0 aromatic heterocycles. The summed E-state index contributed by atoms with van der Waals surface area (Å²) in [6.07, 6.45) is -0.868. The van der Waals surface area contributed by atoms with Gasteiger partial charge in [-0.15, -0.1) is 0 Å². The molecule has 0 heterocycles. The molecular weight excluding hydrogens is 462 g/mol. The van der Waals surface area contributed by atoms with Gasteiger partial charge in [-0.2, -0.15) is 5.26 Å². The first kappa shape index (κ1) is 27.6. The van der Waals surface area contributed by atoms with Crippen LogP contribution in [0.5, 0.6) is 0 Å². The second-order valence-electron chi connectivity index (χ2n) is 7.46. The van der Waals surface area contributed by atoms with Crippen LogP contribution in [0.3, 0.4) is 0 Å². The second kappa shape index (κ2) is 14.6. The Hall–Kier alpha value is -4.66. The van der Waals surface area contributed by atoms with Crippen molar-refractivity contribution in [2.75, 3.05) is 18.4 Å². The maximum atomic E-state index is 12.3. The number of carbonyl (C=O) groups excluding carboxylic acids is 3. The summed E-state index contributed by atoms with van der Waals surface area (Å²) in [6, 6.07) is 13.9. The molecule has 184 valence electrons. The molecule has 3 amide bonds. The minimum atomic E-state index is -1.31. The van der Waals surface area contributed by atoms with Crippen molar-refractivity contribution >= 4 is 23.4 Å². The van der Waals surface area contributed by atoms with Crippen molar-refractivity contribution in [2.24, 2.45) is 0 Å². The zero-order valence-corrected chi connectivity index (χ0v) is 19.5. The molecule has 0 aliphatic heterocycles. The van der Waals surface area contributed by atoms with Crippen molar-refractivity contribution in [1.82, 2.24) is 16.1 Å². The lowest BCUT2D eigenvalue weighted by atomic mass is 10.1. The molecule has 2 atom stereocenters. The molecule has 0 saturated heterocycles. The molecular formula is C26H25N5O5. The molecule has 10 heteroatoms. The molecule has 0 spiro atoms. The van der Waals surface area contributed by atoms with E-state index in [1.807, 2.05) is 6.07 Å². The highest BCUT2D eigenvalue weighted by atomic mass is 16.5. The average Bonchev–Trinajstić information content (AvgIpc) is 2.88. The van der Waals surface area contributed by atoms with Gasteiger partial charge in [0.15, 0.2) is 0 Å². The quantitative estimate of drug-likeness (QED) is 0.130. The highest BCUT2D eigenvalue weighted by Gasteiger charge is 2.25. The van der Waals surface area contributed by atoms with E-state index in [0.29, 0.717) is 29.8 Å². The fraction of sp³-hybridized carbons (Fsp3) is 0.231. The maximum absolute atomic E-state index is 12.3. The third kappa shape index (κ3) is 9.30. The van der Waals surface area contributed by atoms with Gasteiger partial charge in [-0.25, -0.2) is 5.48 Å². The first-order chi connectivity index (χ1) is 17.3. The highest BCUT2D eigenvalue weighted by molar-refractivity contribution is 5.97. The van der Waals surface area contributed by atoms with Crippen molar-refractivity contribution in [1.29, 1.82) is 5.26 Å². The number of aliphatic hydroxyl groups excluding tert-OH is 1. The van der Waals surface area contributed by atoms with Crippen LogP contribution in [-0.4, -0.2) is 53.3 Å². The number of anilines is 1. The summed E-state index contributed by atoms with van der Waals surface area (Å²) in [5, 5.41) is 34.7. The Bertz CT molecular complexity index is 1230. The summed E-state index contributed by atoms with van der Waals surface area (Å²) in [7, 11) is 0. The maximum Gasteiger partial charge on any atom is 0.268 e. The zero-order valence-electron chi connectivity index (χ0n) is 19.5. The zero-order chi connectivity index (χ0) is 26.3. The Morgan fingerprint density at radius 3 is 2.08 bits per heavy atom. The van der Waals surface area contributed by atoms with E-state index >= 15 is 0 Å². The molecule has 2 rings (SSSR count). The van der Waals surface area contributed by atoms with Gasteiger partial charge in [0.2, 0.25) is 5.91 Å². The van der Waals surface area contributed by atoms with Gasteiger partial charge in [-0.3, -0.25) is 19.6 Å². The number of hydrogen-bond acceptors (Lipinski definition) is 7. The minimum absolute atomic E-state index is 0.119. The van der Waals surface area contributed by atoms with Crippen molar-refractivity contribution in [3.63, 3.8) is 0 Å². The van der Waals surface area contributed by atoms with Gasteiger partial charge in [0.05, 0.1) is 18.7 Å². The first-order valence-electron chi connectivity index (χ1n) is 10.9. The normalized spacial score (nSPS) is 11.3. The van der Waals surface area contributed by atoms with Crippen LogP contribution in [-0.2, 0) is 9.59 Å². The van der Waals surface area contributed by atoms with Crippen LogP contribution in [0.1, 0.15) is 34.8 Å². The van der Waals surface area contributed by atoms with Crippen LogP contribution in [0.2, 0.25) is 0 Å². The number of hydroxylamine groups is 1. The predicted octanol–water partition coefficient (Wildman–Crippen LogP) is 0.516. The van der Waals surface area contributed by atoms with Crippen molar-refractivity contribution in [2.45, 2.75) is 25.5 Å². The van der Waals surface area contributed by atoms with Gasteiger partial charge < -0.3 is 21.1 Å². The van der Waals surface area contributed by atoms with Crippen LogP contribution in [0.4, 0.5) is 5.69 Å². The molecule has 2 aromatic rings. The third-order valence-corrected chi connectivity index (χ3v) is 4.65. The molecule has 6 N–H and O–H groups in total. The molecule has 2 unspecified atom stereocenters. The molecule has 0 bridgehead atoms. The van der Waals surface area contributed by atoms with E-state index in [2.05, 4.69) is 39.6 Å². The van der Waals surface area contributed by atoms with Gasteiger partial charge in [-0.05, 0) is 67.3 Å². The lowest BCUT2D eigenvalue weighted by molar-refractivity contribution is -0.133. The van der Waals surface area contributed by atoms with Gasteiger partial charge in [-0.1, -0.05) is 11.8 Å². The minimum Gasteiger partial charge on any atom is -0.391 e. The summed E-state index contributed by atoms with van der Waals surface area (Å²) < 4.78 is 0. The van der Waals surface area contributed by atoms with Gasteiger partial charge in [0.1, 0.15) is 6.04 Å². The fourth-order valence-corrected chi connectivity index (χ4v) is 2.80. The lowest BCUT2D eigenvalue weighted by Crippen LogP contribution is -2.51. The van der Waals surface area contributed by atoms with Gasteiger partial charge in [0.25, 0.3) is 11.8 Å². The fourth-order valence-electron chi connectivity index (χ4n) is 2.80. The van der Waals surface area contributed by atoms with E-state index in [1.165, 1.54) is 24.5 Å². The third-order valence-electron chi connectivity index (χ3n) is 4.65. The first-order valence-corrected chi connectivity index (χ1v) is 10.9. The highest BCUT2D eigenvalue weighted by Crippen LogP contribution is 2.08. The van der Waals surface area contributed by atoms with Crippen LogP contribution in [0, 0.1) is 35.0 Å². The monoisotopic (exact) mass is 487 g/mol. The van der Waals surface area contributed by atoms with Crippen LogP contribution in [0.25, 0.3) is 0 Å². The Morgan fingerprint density at radius 1 is 0.972 bits per heavy atom. The van der Waals surface area contributed by atoms with E-state index in [4.69, 9.17) is 10.5 Å². The van der Waals surface area contributed by atoms with E-state index in [0.717, 1.165) is 0 Å². The number of aliphatic hydroxyl groups is 1. The standard InChI is InChI=1S/C26H25N5O5/c1-18(32)24(26(35)31-36)30-25(34)21-11-7-19(8-12-21)5-2-3-6-20-9-13-22(14-10-20)29-23(33)17-28-16-4-15-27/h7-14,18,24,28,32,36H,4,16-17H2,1H3,(H,29,33)(H,30,34)(H,31,35).